The lowest BCUT2D eigenvalue weighted by atomic mass is 10.3. The van der Waals surface area contributed by atoms with E-state index in [1.54, 1.807) is 0 Å². The van der Waals surface area contributed by atoms with Crippen LogP contribution in [0.5, 0.6) is 0 Å². The average molecular weight is 262 g/mol. The van der Waals surface area contributed by atoms with Gasteiger partial charge in [-0.05, 0) is 28.7 Å². The van der Waals surface area contributed by atoms with Gasteiger partial charge < -0.3 is 0 Å². The first-order valence-corrected chi connectivity index (χ1v) is 3.99. The van der Waals surface area contributed by atoms with Gasteiger partial charge in [0.15, 0.2) is 0 Å². The second kappa shape index (κ2) is 3.62. The second-order valence-electron chi connectivity index (χ2n) is 1.89. The molecule has 0 saturated carbocycles. The summed E-state index contributed by atoms with van der Waals surface area (Å²) in [6.07, 6.45) is 1.53. The molecule has 1 aromatic rings. The number of nitrogens with zero attached hydrogens (tertiary/aromatic N) is 2. The quantitative estimate of drug-likeness (QED) is 0.724. The van der Waals surface area contributed by atoms with Gasteiger partial charge in [-0.3, -0.25) is 4.98 Å². The summed E-state index contributed by atoms with van der Waals surface area (Å²) in [7, 11) is 0. The lowest BCUT2D eigenvalue weighted by Crippen LogP contribution is -1.94. The summed E-state index contributed by atoms with van der Waals surface area (Å²) >= 11 is 1.84. The van der Waals surface area contributed by atoms with E-state index in [0.717, 1.165) is 0 Å². The summed E-state index contributed by atoms with van der Waals surface area (Å²) in [6.45, 7) is 0. The lowest BCUT2D eigenvalue weighted by Gasteiger charge is -1.97. The largest absolute Gasteiger partial charge is 0.259 e. The summed E-state index contributed by atoms with van der Waals surface area (Å²) < 4.78 is 13.2. The zero-order chi connectivity index (χ0) is 8.27. The van der Waals surface area contributed by atoms with Gasteiger partial charge in [-0.2, -0.15) is 5.26 Å². The third kappa shape index (κ3) is 1.87. The molecule has 4 heteroatoms. The van der Waals surface area contributed by atoms with Crippen LogP contribution in [0.1, 0.15) is 5.69 Å². The van der Waals surface area contributed by atoms with Crippen molar-refractivity contribution in [3.05, 3.63) is 27.3 Å². The fraction of sp³-hybridized carbons (Fsp3) is 0.143. The van der Waals surface area contributed by atoms with Crippen molar-refractivity contribution in [1.29, 1.82) is 5.26 Å². The number of pyridine rings is 1. The van der Waals surface area contributed by atoms with Crippen molar-refractivity contribution in [2.45, 2.75) is 6.42 Å². The molecule has 0 atom stereocenters. The molecule has 0 bridgehead atoms. The minimum absolute atomic E-state index is 0.163. The highest BCUT2D eigenvalue weighted by molar-refractivity contribution is 14.1. The van der Waals surface area contributed by atoms with Crippen LogP contribution in [-0.4, -0.2) is 4.98 Å². The molecule has 11 heavy (non-hydrogen) atoms. The van der Waals surface area contributed by atoms with Crippen molar-refractivity contribution in [3.8, 4) is 6.07 Å². The lowest BCUT2D eigenvalue weighted by molar-refractivity contribution is 0.614. The first kappa shape index (κ1) is 8.40. The fourth-order valence-electron chi connectivity index (χ4n) is 0.658. The van der Waals surface area contributed by atoms with E-state index in [0.29, 0.717) is 9.26 Å². The van der Waals surface area contributed by atoms with Gasteiger partial charge in [0.1, 0.15) is 5.82 Å². The van der Waals surface area contributed by atoms with Crippen LogP contribution in [0.2, 0.25) is 0 Å². The number of hydrogen-bond donors (Lipinski definition) is 0. The van der Waals surface area contributed by atoms with Crippen LogP contribution in [0.4, 0.5) is 4.39 Å². The van der Waals surface area contributed by atoms with Crippen LogP contribution in [0.15, 0.2) is 12.3 Å². The van der Waals surface area contributed by atoms with Crippen LogP contribution in [0, 0.1) is 20.7 Å². The van der Waals surface area contributed by atoms with Gasteiger partial charge in [0.05, 0.1) is 21.8 Å². The average Bonchev–Trinajstić information content (AvgIpc) is 1.99. The zero-order valence-corrected chi connectivity index (χ0v) is 7.67. The smallest absolute Gasteiger partial charge is 0.139 e. The first-order valence-electron chi connectivity index (χ1n) is 2.91. The minimum atomic E-state index is -0.314. The molecule has 0 aliphatic rings. The van der Waals surface area contributed by atoms with E-state index in [9.17, 15) is 4.39 Å². The van der Waals surface area contributed by atoms with Crippen LogP contribution >= 0.6 is 22.6 Å². The Labute approximate surface area is 77.2 Å². The predicted molar refractivity (Wildman–Crippen MR) is 46.2 cm³/mol. The highest BCUT2D eigenvalue weighted by Crippen LogP contribution is 2.13. The molecule has 0 saturated heterocycles. The number of hydrogen-bond acceptors (Lipinski definition) is 2. The summed E-state index contributed by atoms with van der Waals surface area (Å²) in [5.41, 5.74) is 0.508. The maximum atomic E-state index is 12.7. The van der Waals surface area contributed by atoms with Crippen molar-refractivity contribution >= 4 is 22.6 Å². The van der Waals surface area contributed by atoms with E-state index in [4.69, 9.17) is 5.26 Å². The van der Waals surface area contributed by atoms with Gasteiger partial charge in [0.25, 0.3) is 0 Å². The van der Waals surface area contributed by atoms with Crippen molar-refractivity contribution in [1.82, 2.24) is 4.98 Å². The Bertz CT molecular complexity index is 306. The van der Waals surface area contributed by atoms with E-state index in [1.165, 1.54) is 12.3 Å². The van der Waals surface area contributed by atoms with Gasteiger partial charge in [0, 0.05) is 6.20 Å². The SMILES string of the molecule is N#CCc1nccc(F)c1I. The molecule has 1 heterocycles. The number of halogens is 2. The number of aromatic nitrogens is 1. The third-order valence-corrected chi connectivity index (χ3v) is 2.30. The molecule has 0 aromatic carbocycles. The van der Waals surface area contributed by atoms with Gasteiger partial charge in [0.2, 0.25) is 0 Å². The molecule has 56 valence electrons. The molecule has 2 nitrogen and oxygen atoms in total. The van der Waals surface area contributed by atoms with E-state index in [-0.39, 0.29) is 12.2 Å². The van der Waals surface area contributed by atoms with Crippen LogP contribution in [0.25, 0.3) is 0 Å². The standard InChI is InChI=1S/C7H4FIN2/c8-5-2-4-11-6(1-3-10)7(5)9/h2,4H,1H2. The van der Waals surface area contributed by atoms with E-state index in [2.05, 4.69) is 4.98 Å². The Morgan fingerprint density at radius 3 is 3.09 bits per heavy atom. The number of rotatable bonds is 1. The Morgan fingerprint density at radius 2 is 2.45 bits per heavy atom. The minimum Gasteiger partial charge on any atom is -0.259 e. The van der Waals surface area contributed by atoms with E-state index in [1.807, 2.05) is 28.7 Å². The maximum absolute atomic E-state index is 12.7. The highest BCUT2D eigenvalue weighted by Gasteiger charge is 2.04. The summed E-state index contributed by atoms with van der Waals surface area (Å²) in [5.74, 6) is -0.314. The molecule has 0 unspecified atom stereocenters. The molecule has 0 radical (unpaired) electrons. The van der Waals surface area contributed by atoms with Gasteiger partial charge in [-0.25, -0.2) is 4.39 Å². The molecule has 0 amide bonds. The summed E-state index contributed by atoms with van der Waals surface area (Å²) in [4.78, 5) is 3.86. The second-order valence-corrected chi connectivity index (χ2v) is 2.97. The Balaban J connectivity index is 3.08. The Hall–Kier alpha value is -0.700. The van der Waals surface area contributed by atoms with Gasteiger partial charge >= 0.3 is 0 Å². The van der Waals surface area contributed by atoms with Crippen molar-refractivity contribution in [2.24, 2.45) is 0 Å². The van der Waals surface area contributed by atoms with Gasteiger partial charge in [-0.1, -0.05) is 0 Å². The molecular formula is C7H4FIN2. The summed E-state index contributed by atoms with van der Waals surface area (Å²) in [5, 5.41) is 8.32. The molecule has 0 aliphatic heterocycles. The zero-order valence-electron chi connectivity index (χ0n) is 5.51. The van der Waals surface area contributed by atoms with E-state index >= 15 is 0 Å². The normalized spacial score (nSPS) is 9.18. The molecule has 0 N–H and O–H groups in total. The summed E-state index contributed by atoms with van der Waals surface area (Å²) in [6, 6.07) is 3.20. The van der Waals surface area contributed by atoms with Crippen molar-refractivity contribution in [3.63, 3.8) is 0 Å². The fourth-order valence-corrected chi connectivity index (χ4v) is 1.17. The van der Waals surface area contributed by atoms with Crippen molar-refractivity contribution < 1.29 is 4.39 Å². The van der Waals surface area contributed by atoms with Crippen LogP contribution in [-0.2, 0) is 6.42 Å². The Kier molecular flexibility index (Phi) is 2.76. The highest BCUT2D eigenvalue weighted by atomic mass is 127. The molecular weight excluding hydrogens is 258 g/mol. The maximum Gasteiger partial charge on any atom is 0.139 e. The third-order valence-electron chi connectivity index (χ3n) is 1.16. The monoisotopic (exact) mass is 262 g/mol. The number of nitriles is 1. The van der Waals surface area contributed by atoms with Crippen LogP contribution in [0.3, 0.4) is 0 Å². The molecule has 0 aliphatic carbocycles. The topological polar surface area (TPSA) is 36.7 Å². The van der Waals surface area contributed by atoms with Gasteiger partial charge in [-0.15, -0.1) is 0 Å². The first-order chi connectivity index (χ1) is 5.25. The molecule has 1 aromatic heterocycles. The molecule has 0 spiro atoms. The molecule has 0 fully saturated rings. The predicted octanol–water partition coefficient (Wildman–Crippen LogP) is 1.89. The van der Waals surface area contributed by atoms with Crippen molar-refractivity contribution in [2.75, 3.05) is 0 Å². The van der Waals surface area contributed by atoms with Crippen LogP contribution < -0.4 is 0 Å². The Morgan fingerprint density at radius 1 is 1.73 bits per heavy atom. The molecule has 1 rings (SSSR count). The van der Waals surface area contributed by atoms with E-state index < -0.39 is 0 Å².